The summed E-state index contributed by atoms with van der Waals surface area (Å²) in [5.41, 5.74) is 2.39. The van der Waals surface area contributed by atoms with Gasteiger partial charge in [-0.1, -0.05) is 20.8 Å². The third-order valence-electron chi connectivity index (χ3n) is 5.03. The molecule has 0 saturated carbocycles. The summed E-state index contributed by atoms with van der Waals surface area (Å²) in [5.74, 6) is 0.661. The van der Waals surface area contributed by atoms with E-state index in [1.54, 1.807) is 12.1 Å². The van der Waals surface area contributed by atoms with E-state index >= 15 is 0 Å². The van der Waals surface area contributed by atoms with Crippen molar-refractivity contribution in [2.24, 2.45) is 0 Å². The van der Waals surface area contributed by atoms with Crippen LogP contribution in [0, 0.1) is 6.92 Å². The molecule has 0 aliphatic carbocycles. The molecule has 2 aromatic heterocycles. The molecule has 0 fully saturated rings. The van der Waals surface area contributed by atoms with Gasteiger partial charge < -0.3 is 9.88 Å². The first-order valence-corrected chi connectivity index (χ1v) is 12.8. The van der Waals surface area contributed by atoms with E-state index in [0.29, 0.717) is 30.2 Å². The summed E-state index contributed by atoms with van der Waals surface area (Å²) in [7, 11) is -3.55. The summed E-state index contributed by atoms with van der Waals surface area (Å²) in [6, 6.07) is 5.10. The Morgan fingerprint density at radius 3 is 2.55 bits per heavy atom. The van der Waals surface area contributed by atoms with E-state index in [1.807, 2.05) is 32.2 Å². The largest absolute Gasteiger partial charge is 0.328 e. The van der Waals surface area contributed by atoms with Crippen molar-refractivity contribution >= 4 is 43.4 Å². The topological polar surface area (TPSA) is 97.2 Å². The number of rotatable bonds is 10. The minimum atomic E-state index is -3.55. The highest BCUT2D eigenvalue weighted by atomic mass is 32.2. The smallest absolute Gasteiger partial charge is 0.243 e. The molecule has 0 spiro atoms. The highest BCUT2D eigenvalue weighted by Crippen LogP contribution is 2.24. The average Bonchev–Trinajstić information content (AvgIpc) is 3.30. The van der Waals surface area contributed by atoms with Crippen molar-refractivity contribution in [1.29, 1.82) is 0 Å². The van der Waals surface area contributed by atoms with E-state index in [2.05, 4.69) is 26.8 Å². The van der Waals surface area contributed by atoms with Crippen molar-refractivity contribution in [2.45, 2.75) is 58.4 Å². The fraction of sp³-hybridized carbons (Fsp3) is 0.476. The SMILES string of the molecule is CCCn1c(CCC(=O)Nc2nc(C)cs2)nc2cc(S(=O)(=O)N(CC)CC)ccc21. The lowest BCUT2D eigenvalue weighted by atomic mass is 10.2. The van der Waals surface area contributed by atoms with Crippen LogP contribution in [0.25, 0.3) is 11.0 Å². The number of hydrogen-bond acceptors (Lipinski definition) is 6. The number of imidazole rings is 1. The number of nitrogens with zero attached hydrogens (tertiary/aromatic N) is 4. The summed E-state index contributed by atoms with van der Waals surface area (Å²) >= 11 is 1.40. The molecule has 3 aromatic rings. The molecule has 1 aromatic carbocycles. The molecule has 0 saturated heterocycles. The quantitative estimate of drug-likeness (QED) is 0.493. The van der Waals surface area contributed by atoms with Crippen LogP contribution in [0.4, 0.5) is 5.13 Å². The minimum Gasteiger partial charge on any atom is -0.328 e. The number of amides is 1. The molecule has 0 atom stereocenters. The number of hydrogen-bond donors (Lipinski definition) is 1. The molecular weight excluding hydrogens is 434 g/mol. The summed E-state index contributed by atoms with van der Waals surface area (Å²) in [6.45, 7) is 9.19. The zero-order valence-electron chi connectivity index (χ0n) is 18.4. The number of carbonyl (C=O) groups excluding carboxylic acids is 1. The van der Waals surface area contributed by atoms with Gasteiger partial charge in [-0.05, 0) is 31.5 Å². The number of aryl methyl sites for hydroxylation is 3. The van der Waals surface area contributed by atoms with Crippen LogP contribution in [-0.2, 0) is 27.8 Å². The maximum Gasteiger partial charge on any atom is 0.243 e. The molecule has 0 unspecified atom stereocenters. The van der Waals surface area contributed by atoms with E-state index in [0.717, 1.165) is 30.0 Å². The van der Waals surface area contributed by atoms with Gasteiger partial charge >= 0.3 is 0 Å². The van der Waals surface area contributed by atoms with Crippen LogP contribution in [0.5, 0.6) is 0 Å². The fourth-order valence-corrected chi connectivity index (χ4v) is 5.70. The van der Waals surface area contributed by atoms with Crippen molar-refractivity contribution < 1.29 is 13.2 Å². The molecule has 0 aliphatic heterocycles. The highest BCUT2D eigenvalue weighted by Gasteiger charge is 2.23. The molecule has 0 radical (unpaired) electrons. The number of aromatic nitrogens is 3. The van der Waals surface area contributed by atoms with Gasteiger partial charge in [-0.2, -0.15) is 4.31 Å². The van der Waals surface area contributed by atoms with Gasteiger partial charge in [-0.25, -0.2) is 18.4 Å². The molecule has 1 amide bonds. The highest BCUT2D eigenvalue weighted by molar-refractivity contribution is 7.89. The van der Waals surface area contributed by atoms with Crippen molar-refractivity contribution in [2.75, 3.05) is 18.4 Å². The van der Waals surface area contributed by atoms with Crippen LogP contribution >= 0.6 is 11.3 Å². The molecule has 8 nitrogen and oxygen atoms in total. The summed E-state index contributed by atoms with van der Waals surface area (Å²) in [4.78, 5) is 21.5. The van der Waals surface area contributed by atoms with Gasteiger partial charge in [0.2, 0.25) is 15.9 Å². The summed E-state index contributed by atoms with van der Waals surface area (Å²) in [6.07, 6.45) is 1.64. The minimum absolute atomic E-state index is 0.116. The van der Waals surface area contributed by atoms with Crippen LogP contribution in [-0.4, -0.2) is 46.3 Å². The van der Waals surface area contributed by atoms with Crippen LogP contribution in [0.15, 0.2) is 28.5 Å². The number of anilines is 1. The Bertz CT molecular complexity index is 1160. The van der Waals surface area contributed by atoms with Crippen molar-refractivity contribution in [3.63, 3.8) is 0 Å². The lowest BCUT2D eigenvalue weighted by molar-refractivity contribution is -0.116. The van der Waals surface area contributed by atoms with E-state index < -0.39 is 10.0 Å². The fourth-order valence-electron chi connectivity index (χ4n) is 3.51. The number of carbonyl (C=O) groups is 1. The predicted molar refractivity (Wildman–Crippen MR) is 124 cm³/mol. The first kappa shape index (κ1) is 23.4. The Morgan fingerprint density at radius 2 is 1.94 bits per heavy atom. The molecule has 0 aliphatic rings. The third-order valence-corrected chi connectivity index (χ3v) is 7.95. The standard InChI is InChI=1S/C21H29N5O3S2/c1-5-12-26-18-9-8-16(31(28,29)25(6-2)7-3)13-17(18)23-19(26)10-11-20(27)24-21-22-15(4)14-30-21/h8-9,13-14H,5-7,10-12H2,1-4H3,(H,22,24,27). The van der Waals surface area contributed by atoms with Crippen molar-refractivity contribution in [3.8, 4) is 0 Å². The Labute approximate surface area is 187 Å². The van der Waals surface area contributed by atoms with Crippen molar-refractivity contribution in [1.82, 2.24) is 18.8 Å². The van der Waals surface area contributed by atoms with E-state index in [-0.39, 0.29) is 17.2 Å². The molecule has 1 N–H and O–H groups in total. The van der Waals surface area contributed by atoms with Crippen LogP contribution < -0.4 is 5.32 Å². The van der Waals surface area contributed by atoms with Crippen LogP contribution in [0.3, 0.4) is 0 Å². The van der Waals surface area contributed by atoms with Gasteiger partial charge in [0.1, 0.15) is 5.82 Å². The second-order valence-corrected chi connectivity index (χ2v) is 10.1. The molecule has 31 heavy (non-hydrogen) atoms. The summed E-state index contributed by atoms with van der Waals surface area (Å²) < 4.78 is 29.3. The molecule has 0 bridgehead atoms. The lowest BCUT2D eigenvalue weighted by Gasteiger charge is -2.18. The van der Waals surface area contributed by atoms with Crippen LogP contribution in [0.2, 0.25) is 0 Å². The molecule has 10 heteroatoms. The van der Waals surface area contributed by atoms with E-state index in [4.69, 9.17) is 0 Å². The van der Waals surface area contributed by atoms with Gasteiger partial charge in [-0.3, -0.25) is 4.79 Å². The number of fused-ring (bicyclic) bond motifs is 1. The number of benzene rings is 1. The third kappa shape index (κ3) is 5.13. The first-order valence-electron chi connectivity index (χ1n) is 10.5. The van der Waals surface area contributed by atoms with Gasteiger partial charge in [0.25, 0.3) is 0 Å². The van der Waals surface area contributed by atoms with Gasteiger partial charge in [-0.15, -0.1) is 11.3 Å². The zero-order valence-corrected chi connectivity index (χ0v) is 20.0. The second-order valence-electron chi connectivity index (χ2n) is 7.26. The second kappa shape index (κ2) is 9.88. The Kier molecular flexibility index (Phi) is 7.45. The maximum absolute atomic E-state index is 12.9. The number of sulfonamides is 1. The van der Waals surface area contributed by atoms with Crippen molar-refractivity contribution in [3.05, 3.63) is 35.1 Å². The Balaban J connectivity index is 1.85. The Morgan fingerprint density at radius 1 is 1.19 bits per heavy atom. The lowest BCUT2D eigenvalue weighted by Crippen LogP contribution is -2.30. The molecule has 2 heterocycles. The zero-order chi connectivity index (χ0) is 22.6. The van der Waals surface area contributed by atoms with Gasteiger partial charge in [0.15, 0.2) is 5.13 Å². The predicted octanol–water partition coefficient (Wildman–Crippen LogP) is 3.81. The van der Waals surface area contributed by atoms with Gasteiger partial charge in [0.05, 0.1) is 21.6 Å². The maximum atomic E-state index is 12.9. The average molecular weight is 464 g/mol. The summed E-state index contributed by atoms with van der Waals surface area (Å²) in [5, 5.41) is 5.30. The van der Waals surface area contributed by atoms with E-state index in [1.165, 1.54) is 15.6 Å². The van der Waals surface area contributed by atoms with Crippen LogP contribution in [0.1, 0.15) is 45.1 Å². The molecular formula is C21H29N5O3S2. The molecule has 3 rings (SSSR count). The van der Waals surface area contributed by atoms with E-state index in [9.17, 15) is 13.2 Å². The first-order chi connectivity index (χ1) is 14.8. The molecule has 168 valence electrons. The normalized spacial score (nSPS) is 12.0. The monoisotopic (exact) mass is 463 g/mol. The number of thiazole rings is 1. The van der Waals surface area contributed by atoms with Gasteiger partial charge in [0, 0.05) is 37.9 Å². The number of nitrogens with one attached hydrogen (secondary N) is 1. The Hall–Kier alpha value is -2.30.